The molecule has 0 saturated heterocycles. The molecular formula is C24H18F2N4OS2. The van der Waals surface area contributed by atoms with Gasteiger partial charge in [-0.25, -0.2) is 23.7 Å². The quantitative estimate of drug-likeness (QED) is 0.207. The molecule has 0 unspecified atom stereocenters. The summed E-state index contributed by atoms with van der Waals surface area (Å²) in [6, 6.07) is 12.8. The summed E-state index contributed by atoms with van der Waals surface area (Å²) < 4.78 is 35.3. The van der Waals surface area contributed by atoms with Crippen LogP contribution >= 0.6 is 23.1 Å². The summed E-state index contributed by atoms with van der Waals surface area (Å²) in [4.78, 5) is 14.5. The average molecular weight is 481 g/mol. The van der Waals surface area contributed by atoms with Crippen LogP contribution in [0.5, 0.6) is 5.75 Å². The van der Waals surface area contributed by atoms with Gasteiger partial charge in [-0.2, -0.15) is 0 Å². The van der Waals surface area contributed by atoms with E-state index in [1.807, 2.05) is 28.3 Å². The van der Waals surface area contributed by atoms with Crippen molar-refractivity contribution in [3.63, 3.8) is 0 Å². The number of benzene rings is 2. The van der Waals surface area contributed by atoms with Crippen LogP contribution in [0.3, 0.4) is 0 Å². The summed E-state index contributed by atoms with van der Waals surface area (Å²) in [5.74, 6) is -0.598. The minimum absolute atomic E-state index is 0.143. The summed E-state index contributed by atoms with van der Waals surface area (Å²) in [7, 11) is 0. The van der Waals surface area contributed by atoms with Gasteiger partial charge in [0.1, 0.15) is 11.5 Å². The highest BCUT2D eigenvalue weighted by atomic mass is 32.2. The fourth-order valence-electron chi connectivity index (χ4n) is 3.49. The van der Waals surface area contributed by atoms with Crippen molar-refractivity contribution in [1.82, 2.24) is 19.4 Å². The number of imidazole rings is 1. The predicted octanol–water partition coefficient (Wildman–Crippen LogP) is 6.14. The van der Waals surface area contributed by atoms with Crippen LogP contribution in [0.4, 0.5) is 8.78 Å². The molecule has 5 rings (SSSR count). The molecule has 0 N–H and O–H groups in total. The molecule has 0 aliphatic rings. The van der Waals surface area contributed by atoms with E-state index in [1.54, 1.807) is 30.5 Å². The zero-order valence-corrected chi connectivity index (χ0v) is 19.2. The topological polar surface area (TPSA) is 52.3 Å². The van der Waals surface area contributed by atoms with Crippen molar-refractivity contribution in [2.45, 2.75) is 11.6 Å². The molecule has 166 valence electrons. The molecule has 0 bridgehead atoms. The first kappa shape index (κ1) is 21.5. The molecule has 0 saturated carbocycles. The fraction of sp³-hybridized carbons (Fsp3) is 0.125. The Morgan fingerprint density at radius 1 is 1.06 bits per heavy atom. The van der Waals surface area contributed by atoms with Gasteiger partial charge in [-0.1, -0.05) is 23.9 Å². The molecule has 0 spiro atoms. The number of hydrogen-bond donors (Lipinski definition) is 0. The van der Waals surface area contributed by atoms with Gasteiger partial charge in [0.2, 0.25) is 0 Å². The van der Waals surface area contributed by atoms with Crippen molar-refractivity contribution in [2.24, 2.45) is 0 Å². The molecule has 0 aliphatic carbocycles. The van der Waals surface area contributed by atoms with Crippen LogP contribution in [0, 0.1) is 11.6 Å². The molecule has 0 amide bonds. The summed E-state index contributed by atoms with van der Waals surface area (Å²) in [5.41, 5.74) is 3.88. The Morgan fingerprint density at radius 3 is 2.73 bits per heavy atom. The second kappa shape index (κ2) is 9.29. The van der Waals surface area contributed by atoms with Gasteiger partial charge < -0.3 is 4.74 Å². The highest BCUT2D eigenvalue weighted by Crippen LogP contribution is 2.35. The second-order valence-corrected chi connectivity index (χ2v) is 8.81. The van der Waals surface area contributed by atoms with Crippen molar-refractivity contribution < 1.29 is 13.5 Å². The van der Waals surface area contributed by atoms with Gasteiger partial charge in [-0.05, 0) is 48.2 Å². The Morgan fingerprint density at radius 2 is 1.91 bits per heavy atom. The minimum Gasteiger partial charge on any atom is -0.490 e. The van der Waals surface area contributed by atoms with Crippen LogP contribution < -0.4 is 4.74 Å². The number of halogens is 2. The van der Waals surface area contributed by atoms with Gasteiger partial charge in [0.05, 0.1) is 18.0 Å². The number of aromatic nitrogens is 4. The van der Waals surface area contributed by atoms with E-state index in [9.17, 15) is 8.78 Å². The van der Waals surface area contributed by atoms with Gasteiger partial charge >= 0.3 is 0 Å². The fourth-order valence-corrected chi connectivity index (χ4v) is 4.56. The Labute approximate surface area is 197 Å². The molecule has 0 atom stereocenters. The van der Waals surface area contributed by atoms with Gasteiger partial charge in [0.25, 0.3) is 0 Å². The minimum atomic E-state index is -0.452. The number of thioether (sulfide) groups is 1. The van der Waals surface area contributed by atoms with E-state index < -0.39 is 5.82 Å². The predicted molar refractivity (Wildman–Crippen MR) is 127 cm³/mol. The Balaban J connectivity index is 1.47. The third-order valence-electron chi connectivity index (χ3n) is 5.09. The molecule has 0 aliphatic heterocycles. The lowest BCUT2D eigenvalue weighted by Gasteiger charge is -2.10. The van der Waals surface area contributed by atoms with E-state index in [4.69, 9.17) is 9.72 Å². The zero-order chi connectivity index (χ0) is 22.8. The average Bonchev–Trinajstić information content (AvgIpc) is 3.43. The molecular weight excluding hydrogens is 462 g/mol. The van der Waals surface area contributed by atoms with Crippen molar-refractivity contribution >= 4 is 28.1 Å². The highest BCUT2D eigenvalue weighted by Gasteiger charge is 2.20. The van der Waals surface area contributed by atoms with Crippen molar-refractivity contribution in [1.29, 1.82) is 0 Å². The first-order chi connectivity index (χ1) is 16.1. The molecule has 0 radical (unpaired) electrons. The van der Waals surface area contributed by atoms with E-state index in [2.05, 4.69) is 9.97 Å². The number of thiazole rings is 1. The summed E-state index contributed by atoms with van der Waals surface area (Å²) in [6.45, 7) is 0.264. The van der Waals surface area contributed by atoms with Crippen molar-refractivity contribution in [3.05, 3.63) is 83.5 Å². The number of fused-ring (bicyclic) bond motifs is 1. The molecule has 3 aromatic heterocycles. The SMILES string of the molecule is CSc1nccc(-c2c(-c3ccc(F)c(OCCc4ccc(F)cc4)c3)nc3sccn23)n1. The van der Waals surface area contributed by atoms with Gasteiger partial charge in [-0.3, -0.25) is 4.40 Å². The third-order valence-corrected chi connectivity index (χ3v) is 6.41. The maximum absolute atomic E-state index is 14.5. The largest absolute Gasteiger partial charge is 0.490 e. The second-order valence-electron chi connectivity index (χ2n) is 7.16. The molecule has 0 fully saturated rings. The summed E-state index contributed by atoms with van der Waals surface area (Å²) in [5, 5.41) is 2.62. The van der Waals surface area contributed by atoms with Crippen LogP contribution in [0.25, 0.3) is 27.6 Å². The Kier molecular flexibility index (Phi) is 6.06. The standard InChI is InChI=1S/C24H18F2N4OS2/c1-32-23-27-10-8-19(28-23)22-21(29-24-30(22)11-13-33-24)16-4-7-18(26)20(14-16)31-12-9-15-2-5-17(25)6-3-15/h2-8,10-11,13-14H,9,12H2,1H3. The smallest absolute Gasteiger partial charge is 0.194 e. The van der Waals surface area contributed by atoms with E-state index in [0.717, 1.165) is 27.5 Å². The lowest BCUT2D eigenvalue weighted by atomic mass is 10.1. The summed E-state index contributed by atoms with van der Waals surface area (Å²) in [6.07, 6.45) is 6.12. The van der Waals surface area contributed by atoms with Crippen molar-refractivity contribution in [3.8, 4) is 28.4 Å². The van der Waals surface area contributed by atoms with Crippen LogP contribution in [0.2, 0.25) is 0 Å². The Bertz CT molecular complexity index is 1420. The van der Waals surface area contributed by atoms with E-state index >= 15 is 0 Å². The van der Waals surface area contributed by atoms with E-state index in [-0.39, 0.29) is 18.2 Å². The molecule has 2 aromatic carbocycles. The molecule has 5 aromatic rings. The number of nitrogens with zero attached hydrogens (tertiary/aromatic N) is 4. The molecule has 9 heteroatoms. The molecule has 33 heavy (non-hydrogen) atoms. The van der Waals surface area contributed by atoms with Crippen LogP contribution in [-0.4, -0.2) is 32.2 Å². The Hall–Kier alpha value is -3.30. The van der Waals surface area contributed by atoms with Crippen LogP contribution in [0.1, 0.15) is 5.56 Å². The van der Waals surface area contributed by atoms with Crippen LogP contribution in [0.15, 0.2) is 71.5 Å². The zero-order valence-electron chi connectivity index (χ0n) is 17.5. The lowest BCUT2D eigenvalue weighted by Crippen LogP contribution is -2.03. The van der Waals surface area contributed by atoms with Gasteiger partial charge in [0.15, 0.2) is 21.7 Å². The van der Waals surface area contributed by atoms with E-state index in [1.165, 1.54) is 41.3 Å². The first-order valence-electron chi connectivity index (χ1n) is 10.1. The number of rotatable bonds is 7. The van der Waals surface area contributed by atoms with Gasteiger partial charge in [-0.15, -0.1) is 11.3 Å². The highest BCUT2D eigenvalue weighted by molar-refractivity contribution is 7.98. The lowest BCUT2D eigenvalue weighted by molar-refractivity contribution is 0.305. The molecule has 3 heterocycles. The maximum Gasteiger partial charge on any atom is 0.194 e. The summed E-state index contributed by atoms with van der Waals surface area (Å²) >= 11 is 2.97. The monoisotopic (exact) mass is 480 g/mol. The first-order valence-corrected chi connectivity index (χ1v) is 12.2. The normalized spacial score (nSPS) is 11.2. The van der Waals surface area contributed by atoms with Gasteiger partial charge in [0, 0.05) is 29.8 Å². The maximum atomic E-state index is 14.5. The molecule has 5 nitrogen and oxygen atoms in total. The van der Waals surface area contributed by atoms with Crippen LogP contribution in [-0.2, 0) is 6.42 Å². The van der Waals surface area contributed by atoms with E-state index in [0.29, 0.717) is 17.3 Å². The number of ether oxygens (including phenoxy) is 1. The number of hydrogen-bond acceptors (Lipinski definition) is 6. The third kappa shape index (κ3) is 4.46. The van der Waals surface area contributed by atoms with Crippen molar-refractivity contribution in [2.75, 3.05) is 12.9 Å².